The number of likely N-dealkylation sites (N-methyl/N-ethyl adjacent to an activating group) is 1. The molecule has 2 aliphatic heterocycles. The highest BCUT2D eigenvalue weighted by Gasteiger charge is 2.49. The Kier molecular flexibility index (Phi) is 4.08. The summed E-state index contributed by atoms with van der Waals surface area (Å²) in [4.78, 5) is 20.8. The number of aromatic amines is 1. The first-order valence-corrected chi connectivity index (χ1v) is 9.11. The van der Waals surface area contributed by atoms with Gasteiger partial charge in [0.1, 0.15) is 5.69 Å². The summed E-state index contributed by atoms with van der Waals surface area (Å²) in [5.74, 6) is 0.115. The zero-order valence-corrected chi connectivity index (χ0v) is 15.3. The van der Waals surface area contributed by atoms with Crippen LogP contribution in [0.5, 0.6) is 0 Å². The summed E-state index contributed by atoms with van der Waals surface area (Å²) in [7, 11) is 4.25. The van der Waals surface area contributed by atoms with Gasteiger partial charge in [-0.15, -0.1) is 0 Å². The molecule has 4 rings (SSSR count). The minimum Gasteiger partial charge on any atom is -0.381 e. The maximum absolute atomic E-state index is 13.1. The summed E-state index contributed by atoms with van der Waals surface area (Å²) in [5, 5.41) is 1.10. The molecular weight excluding hydrogens is 314 g/mol. The van der Waals surface area contributed by atoms with E-state index in [-0.39, 0.29) is 11.3 Å². The molecule has 1 aromatic carbocycles. The van der Waals surface area contributed by atoms with E-state index in [0.29, 0.717) is 11.7 Å². The standard InChI is InChI=1S/C20H27N3O2/c1-14-4-5-15-11-17(21-16(15)10-14)19(24)23-12-18(22(2)3)20(13-23)6-8-25-9-7-20/h4-5,10-11,18,21H,6-9,12-13H2,1-3H3. The fraction of sp³-hybridized carbons (Fsp3) is 0.550. The molecule has 1 N–H and O–H groups in total. The molecule has 0 bridgehead atoms. The number of hydrogen-bond donors (Lipinski definition) is 1. The van der Waals surface area contributed by atoms with Gasteiger partial charge in [0.15, 0.2) is 0 Å². The quantitative estimate of drug-likeness (QED) is 0.914. The number of aryl methyl sites for hydroxylation is 1. The van der Waals surface area contributed by atoms with E-state index in [1.165, 1.54) is 5.56 Å². The second-order valence-corrected chi connectivity index (χ2v) is 7.91. The molecule has 2 saturated heterocycles. The van der Waals surface area contributed by atoms with Gasteiger partial charge in [0.2, 0.25) is 0 Å². The number of ether oxygens (including phenoxy) is 1. The molecule has 1 unspecified atom stereocenters. The van der Waals surface area contributed by atoms with Crippen molar-refractivity contribution < 1.29 is 9.53 Å². The first-order valence-electron chi connectivity index (χ1n) is 9.11. The first-order chi connectivity index (χ1) is 12.0. The van der Waals surface area contributed by atoms with Crippen LogP contribution in [0, 0.1) is 12.3 Å². The minimum atomic E-state index is 0.115. The molecule has 1 spiro atoms. The number of hydrogen-bond acceptors (Lipinski definition) is 3. The number of fused-ring (bicyclic) bond motifs is 1. The molecule has 1 atom stereocenters. The number of carbonyl (C=O) groups excluding carboxylic acids is 1. The number of benzene rings is 1. The summed E-state index contributed by atoms with van der Waals surface area (Å²) in [5.41, 5.74) is 3.10. The summed E-state index contributed by atoms with van der Waals surface area (Å²) in [6.07, 6.45) is 2.07. The Morgan fingerprint density at radius 3 is 2.76 bits per heavy atom. The van der Waals surface area contributed by atoms with Crippen LogP contribution in [0.3, 0.4) is 0 Å². The van der Waals surface area contributed by atoms with Crippen molar-refractivity contribution in [1.82, 2.24) is 14.8 Å². The summed E-state index contributed by atoms with van der Waals surface area (Å²) < 4.78 is 5.59. The molecular formula is C20H27N3O2. The summed E-state index contributed by atoms with van der Waals surface area (Å²) >= 11 is 0. The third kappa shape index (κ3) is 2.85. The topological polar surface area (TPSA) is 48.6 Å². The number of rotatable bonds is 2. The van der Waals surface area contributed by atoms with Gasteiger partial charge in [-0.05, 0) is 51.6 Å². The molecule has 0 saturated carbocycles. The Labute approximate surface area is 148 Å². The molecule has 134 valence electrons. The second kappa shape index (κ2) is 6.15. The van der Waals surface area contributed by atoms with Crippen LogP contribution in [0.1, 0.15) is 28.9 Å². The Hall–Kier alpha value is -1.85. The molecule has 2 aromatic rings. The fourth-order valence-electron chi connectivity index (χ4n) is 4.61. The monoisotopic (exact) mass is 341 g/mol. The van der Waals surface area contributed by atoms with Crippen LogP contribution in [0.4, 0.5) is 0 Å². The smallest absolute Gasteiger partial charge is 0.270 e. The number of carbonyl (C=O) groups is 1. The number of likely N-dealkylation sites (tertiary alicyclic amines) is 1. The maximum atomic E-state index is 13.1. The van der Waals surface area contributed by atoms with Gasteiger partial charge in [0, 0.05) is 48.7 Å². The highest BCUT2D eigenvalue weighted by atomic mass is 16.5. The Bertz CT molecular complexity index is 789. The molecule has 2 fully saturated rings. The van der Waals surface area contributed by atoms with Crippen LogP contribution >= 0.6 is 0 Å². The third-order valence-electron chi connectivity index (χ3n) is 6.01. The Morgan fingerprint density at radius 1 is 1.28 bits per heavy atom. The van der Waals surface area contributed by atoms with Crippen molar-refractivity contribution in [2.45, 2.75) is 25.8 Å². The average Bonchev–Trinajstić information content (AvgIpc) is 3.16. The van der Waals surface area contributed by atoms with Gasteiger partial charge < -0.3 is 19.5 Å². The van der Waals surface area contributed by atoms with E-state index in [2.05, 4.69) is 49.1 Å². The van der Waals surface area contributed by atoms with E-state index >= 15 is 0 Å². The fourth-order valence-corrected chi connectivity index (χ4v) is 4.61. The van der Waals surface area contributed by atoms with Crippen LogP contribution in [0.25, 0.3) is 10.9 Å². The van der Waals surface area contributed by atoms with Crippen LogP contribution < -0.4 is 0 Å². The van der Waals surface area contributed by atoms with E-state index in [1.54, 1.807) is 0 Å². The molecule has 0 aliphatic carbocycles. The highest BCUT2D eigenvalue weighted by Crippen LogP contribution is 2.42. The van der Waals surface area contributed by atoms with E-state index in [4.69, 9.17) is 4.74 Å². The summed E-state index contributed by atoms with van der Waals surface area (Å²) in [6.45, 7) is 5.29. The molecule has 5 heteroatoms. The third-order valence-corrected chi connectivity index (χ3v) is 6.01. The zero-order valence-electron chi connectivity index (χ0n) is 15.3. The number of H-pyrrole nitrogens is 1. The first kappa shape index (κ1) is 16.6. The molecule has 1 aromatic heterocycles. The maximum Gasteiger partial charge on any atom is 0.270 e. The van der Waals surface area contributed by atoms with Crippen molar-refractivity contribution in [1.29, 1.82) is 0 Å². The summed E-state index contributed by atoms with van der Waals surface area (Å²) in [6, 6.07) is 8.63. The minimum absolute atomic E-state index is 0.115. The molecule has 3 heterocycles. The van der Waals surface area contributed by atoms with Crippen LogP contribution in [0.2, 0.25) is 0 Å². The van der Waals surface area contributed by atoms with Crippen molar-refractivity contribution in [3.8, 4) is 0 Å². The van der Waals surface area contributed by atoms with Crippen LogP contribution in [-0.2, 0) is 4.74 Å². The van der Waals surface area contributed by atoms with Crippen molar-refractivity contribution in [3.05, 3.63) is 35.5 Å². The van der Waals surface area contributed by atoms with Gasteiger partial charge in [0.25, 0.3) is 5.91 Å². The molecule has 5 nitrogen and oxygen atoms in total. The lowest BCUT2D eigenvalue weighted by molar-refractivity contribution is -0.00817. The van der Waals surface area contributed by atoms with E-state index in [1.807, 2.05) is 11.0 Å². The van der Waals surface area contributed by atoms with Gasteiger partial charge in [-0.3, -0.25) is 4.79 Å². The van der Waals surface area contributed by atoms with E-state index in [0.717, 1.165) is 50.0 Å². The van der Waals surface area contributed by atoms with Crippen LogP contribution in [-0.4, -0.2) is 67.1 Å². The molecule has 25 heavy (non-hydrogen) atoms. The largest absolute Gasteiger partial charge is 0.381 e. The van der Waals surface area contributed by atoms with Gasteiger partial charge in [0.05, 0.1) is 0 Å². The average molecular weight is 341 g/mol. The number of aromatic nitrogens is 1. The van der Waals surface area contributed by atoms with E-state index < -0.39 is 0 Å². The number of nitrogens with zero attached hydrogens (tertiary/aromatic N) is 2. The predicted octanol–water partition coefficient (Wildman–Crippen LogP) is 2.66. The van der Waals surface area contributed by atoms with Gasteiger partial charge >= 0.3 is 0 Å². The number of nitrogens with one attached hydrogen (secondary N) is 1. The van der Waals surface area contributed by atoms with Crippen molar-refractivity contribution in [2.75, 3.05) is 40.4 Å². The van der Waals surface area contributed by atoms with Gasteiger partial charge in [-0.25, -0.2) is 0 Å². The Balaban J connectivity index is 1.61. The SMILES string of the molecule is Cc1ccc2cc(C(=O)N3CC(N(C)C)C4(CCOCC4)C3)[nH]c2c1. The van der Waals surface area contributed by atoms with Crippen molar-refractivity contribution in [3.63, 3.8) is 0 Å². The predicted molar refractivity (Wildman–Crippen MR) is 98.9 cm³/mol. The number of amides is 1. The zero-order chi connectivity index (χ0) is 17.6. The second-order valence-electron chi connectivity index (χ2n) is 7.91. The lowest BCUT2D eigenvalue weighted by Crippen LogP contribution is -2.46. The normalized spacial score (nSPS) is 23.0. The van der Waals surface area contributed by atoms with Crippen molar-refractivity contribution in [2.24, 2.45) is 5.41 Å². The van der Waals surface area contributed by atoms with Gasteiger partial charge in [-0.1, -0.05) is 12.1 Å². The highest BCUT2D eigenvalue weighted by molar-refractivity contribution is 5.98. The van der Waals surface area contributed by atoms with Crippen LogP contribution in [0.15, 0.2) is 24.3 Å². The lowest BCUT2D eigenvalue weighted by Gasteiger charge is -2.40. The van der Waals surface area contributed by atoms with E-state index in [9.17, 15) is 4.79 Å². The Morgan fingerprint density at radius 2 is 2.04 bits per heavy atom. The van der Waals surface area contributed by atoms with Crippen molar-refractivity contribution >= 4 is 16.8 Å². The molecule has 0 radical (unpaired) electrons. The molecule has 2 aliphatic rings. The lowest BCUT2D eigenvalue weighted by atomic mass is 9.75. The van der Waals surface area contributed by atoms with Gasteiger partial charge in [-0.2, -0.15) is 0 Å². The molecule has 1 amide bonds.